The van der Waals surface area contributed by atoms with Crippen LogP contribution in [-0.4, -0.2) is 36.1 Å². The number of nitriles is 1. The van der Waals surface area contributed by atoms with Gasteiger partial charge in [-0.1, -0.05) is 43.7 Å². The molecule has 0 saturated carbocycles. The second-order valence-corrected chi connectivity index (χ2v) is 11.7. The maximum absolute atomic E-state index is 13.5. The number of carbonyl (C=O) groups excluding carboxylic acids is 1. The van der Waals surface area contributed by atoms with Gasteiger partial charge in [0.15, 0.2) is 0 Å². The lowest BCUT2D eigenvalue weighted by Gasteiger charge is -2.32. The van der Waals surface area contributed by atoms with Gasteiger partial charge in [0.2, 0.25) is 0 Å². The molecule has 2 aromatic rings. The Morgan fingerprint density at radius 1 is 1.18 bits per heavy atom. The van der Waals surface area contributed by atoms with Crippen molar-refractivity contribution in [3.63, 3.8) is 0 Å². The fraction of sp³-hybridized carbons (Fsp3) is 0.462. The maximum Gasteiger partial charge on any atom is 0.424 e. The fourth-order valence-corrected chi connectivity index (χ4v) is 6.14. The lowest BCUT2D eigenvalue weighted by Crippen LogP contribution is -2.44. The first-order chi connectivity index (χ1) is 16.0. The Labute approximate surface area is 201 Å². The third-order valence-corrected chi connectivity index (χ3v) is 8.94. The van der Waals surface area contributed by atoms with Gasteiger partial charge in [-0.2, -0.15) is 9.57 Å². The van der Waals surface area contributed by atoms with Crippen LogP contribution >= 0.6 is 0 Å². The van der Waals surface area contributed by atoms with Crippen molar-refractivity contribution in [1.29, 1.82) is 5.26 Å². The number of sulfonamides is 1. The first-order valence-corrected chi connectivity index (χ1v) is 12.9. The molecule has 3 unspecified atom stereocenters. The normalized spacial score (nSPS) is 25.8. The van der Waals surface area contributed by atoms with Gasteiger partial charge in [0.25, 0.3) is 10.0 Å². The van der Waals surface area contributed by atoms with Crippen LogP contribution in [-0.2, 0) is 26.0 Å². The maximum atomic E-state index is 13.5. The largest absolute Gasteiger partial charge is 0.442 e. The molecule has 2 aliphatic rings. The van der Waals surface area contributed by atoms with Gasteiger partial charge in [-0.3, -0.25) is 0 Å². The fourth-order valence-electron chi connectivity index (χ4n) is 4.85. The molecule has 2 fully saturated rings. The summed E-state index contributed by atoms with van der Waals surface area (Å²) >= 11 is 0. The Bertz CT molecular complexity index is 1220. The smallest absolute Gasteiger partial charge is 0.424 e. The van der Waals surface area contributed by atoms with Crippen LogP contribution in [0.15, 0.2) is 53.4 Å². The van der Waals surface area contributed by atoms with Crippen molar-refractivity contribution in [1.82, 2.24) is 4.31 Å². The molecule has 34 heavy (non-hydrogen) atoms. The van der Waals surface area contributed by atoms with E-state index in [2.05, 4.69) is 13.8 Å². The molecule has 180 valence electrons. The number of hydrogen-bond donors (Lipinski definition) is 0. The van der Waals surface area contributed by atoms with Gasteiger partial charge in [-0.05, 0) is 62.4 Å². The number of aryl methyl sites for hydroxylation is 1. The molecule has 8 heteroatoms. The number of fused-ring (bicyclic) bond motifs is 2. The quantitative estimate of drug-likeness (QED) is 0.579. The van der Waals surface area contributed by atoms with Crippen molar-refractivity contribution in [3.05, 3.63) is 65.2 Å². The molecule has 2 saturated heterocycles. The number of amides is 1. The third kappa shape index (κ3) is 4.30. The Hall–Kier alpha value is -2.89. The first kappa shape index (κ1) is 24.2. The van der Waals surface area contributed by atoms with Gasteiger partial charge < -0.3 is 9.47 Å². The molecule has 1 amide bonds. The highest BCUT2D eigenvalue weighted by Crippen LogP contribution is 2.55. The molecular weight excluding hydrogens is 452 g/mol. The van der Waals surface area contributed by atoms with Crippen molar-refractivity contribution in [2.45, 2.75) is 75.7 Å². The van der Waals surface area contributed by atoms with Crippen LogP contribution in [0.4, 0.5) is 4.79 Å². The molecule has 2 bridgehead atoms. The number of nitrogens with zero attached hydrogens (tertiary/aromatic N) is 2. The molecule has 2 aliphatic heterocycles. The van der Waals surface area contributed by atoms with Crippen LogP contribution in [0, 0.1) is 24.2 Å². The van der Waals surface area contributed by atoms with Gasteiger partial charge in [0.1, 0.15) is 11.7 Å². The van der Waals surface area contributed by atoms with Gasteiger partial charge >= 0.3 is 6.09 Å². The van der Waals surface area contributed by atoms with E-state index in [1.54, 1.807) is 36.4 Å². The molecule has 2 heterocycles. The standard InChI is InChI=1S/C26H30N2O5S/c1-18(2)26-14-13-25(4,33-26)23(15-26)32-24(29)28(17-21-9-7-20(16-27)8-10-21)34(30,31)22-11-5-19(3)6-12-22/h5-12,18,23H,13-15,17H2,1-4H3. The van der Waals surface area contributed by atoms with E-state index in [0.29, 0.717) is 17.5 Å². The number of carbonyl (C=O) groups is 1. The molecule has 7 nitrogen and oxygen atoms in total. The number of rotatable bonds is 6. The summed E-state index contributed by atoms with van der Waals surface area (Å²) in [7, 11) is -4.18. The van der Waals surface area contributed by atoms with Crippen LogP contribution < -0.4 is 0 Å². The van der Waals surface area contributed by atoms with E-state index >= 15 is 0 Å². The lowest BCUT2D eigenvalue weighted by molar-refractivity contribution is -0.0827. The highest BCUT2D eigenvalue weighted by molar-refractivity contribution is 7.89. The monoisotopic (exact) mass is 482 g/mol. The predicted molar refractivity (Wildman–Crippen MR) is 126 cm³/mol. The second kappa shape index (κ2) is 8.71. The Kier molecular flexibility index (Phi) is 6.21. The van der Waals surface area contributed by atoms with Gasteiger partial charge in [-0.15, -0.1) is 0 Å². The van der Waals surface area contributed by atoms with Crippen molar-refractivity contribution in [3.8, 4) is 6.07 Å². The summed E-state index contributed by atoms with van der Waals surface area (Å²) < 4.78 is 40.1. The Balaban J connectivity index is 1.64. The van der Waals surface area contributed by atoms with E-state index in [0.717, 1.165) is 22.7 Å². The molecule has 4 rings (SSSR count). The Morgan fingerprint density at radius 3 is 2.38 bits per heavy atom. The second-order valence-electron chi connectivity index (χ2n) is 9.84. The van der Waals surface area contributed by atoms with E-state index in [1.807, 2.05) is 19.9 Å². The van der Waals surface area contributed by atoms with Crippen molar-refractivity contribution in [2.75, 3.05) is 0 Å². The summed E-state index contributed by atoms with van der Waals surface area (Å²) in [5, 5.41) is 9.05. The summed E-state index contributed by atoms with van der Waals surface area (Å²) in [5.41, 5.74) is 0.943. The molecular formula is C26H30N2O5S. The SMILES string of the molecule is Cc1ccc(S(=O)(=O)N(Cc2ccc(C#N)cc2)C(=O)OC2CC3(C(C)C)CCC2(C)O3)cc1. The first-order valence-electron chi connectivity index (χ1n) is 11.5. The summed E-state index contributed by atoms with van der Waals surface area (Å²) in [4.78, 5) is 13.4. The van der Waals surface area contributed by atoms with Crippen molar-refractivity contribution < 1.29 is 22.7 Å². The minimum absolute atomic E-state index is 0.0118. The molecule has 0 N–H and O–H groups in total. The number of ether oxygens (including phenoxy) is 2. The van der Waals surface area contributed by atoms with Crippen LogP contribution in [0.5, 0.6) is 0 Å². The van der Waals surface area contributed by atoms with Gasteiger partial charge in [0, 0.05) is 6.42 Å². The van der Waals surface area contributed by atoms with Crippen molar-refractivity contribution in [2.24, 2.45) is 5.92 Å². The zero-order chi connectivity index (χ0) is 24.7. The van der Waals surface area contributed by atoms with Crippen LogP contribution in [0.25, 0.3) is 0 Å². The third-order valence-electron chi connectivity index (χ3n) is 7.21. The minimum atomic E-state index is -4.18. The van der Waals surface area contributed by atoms with Crippen LogP contribution in [0.3, 0.4) is 0 Å². The number of hydrogen-bond acceptors (Lipinski definition) is 6. The molecule has 3 atom stereocenters. The molecule has 0 spiro atoms. The molecule has 2 aromatic carbocycles. The average molecular weight is 483 g/mol. The Morgan fingerprint density at radius 2 is 1.82 bits per heavy atom. The van der Waals surface area contributed by atoms with Gasteiger partial charge in [0.05, 0.1) is 28.7 Å². The van der Waals surface area contributed by atoms with E-state index in [9.17, 15) is 13.2 Å². The number of benzene rings is 2. The highest BCUT2D eigenvalue weighted by atomic mass is 32.2. The molecule has 0 aromatic heterocycles. The topological polar surface area (TPSA) is 96.7 Å². The lowest BCUT2D eigenvalue weighted by atomic mass is 9.75. The van der Waals surface area contributed by atoms with Gasteiger partial charge in [-0.25, -0.2) is 13.2 Å². The van der Waals surface area contributed by atoms with E-state index in [4.69, 9.17) is 14.7 Å². The minimum Gasteiger partial charge on any atom is -0.442 e. The zero-order valence-electron chi connectivity index (χ0n) is 19.9. The average Bonchev–Trinajstić information content (AvgIpc) is 3.30. The molecule has 0 radical (unpaired) electrons. The predicted octanol–water partition coefficient (Wildman–Crippen LogP) is 4.93. The van der Waals surface area contributed by atoms with E-state index in [-0.39, 0.29) is 23.0 Å². The summed E-state index contributed by atoms with van der Waals surface area (Å²) in [5.74, 6) is 0.254. The van der Waals surface area contributed by atoms with E-state index in [1.165, 1.54) is 12.1 Å². The highest BCUT2D eigenvalue weighted by Gasteiger charge is 2.62. The zero-order valence-corrected chi connectivity index (χ0v) is 20.8. The summed E-state index contributed by atoms with van der Waals surface area (Å²) in [6.07, 6.45) is 0.733. The van der Waals surface area contributed by atoms with Crippen molar-refractivity contribution >= 4 is 16.1 Å². The summed E-state index contributed by atoms with van der Waals surface area (Å²) in [6, 6.07) is 14.8. The van der Waals surface area contributed by atoms with E-state index < -0.39 is 27.8 Å². The van der Waals surface area contributed by atoms with Crippen LogP contribution in [0.2, 0.25) is 0 Å². The molecule has 0 aliphatic carbocycles. The van der Waals surface area contributed by atoms with Crippen LogP contribution in [0.1, 0.15) is 56.7 Å². The summed E-state index contributed by atoms with van der Waals surface area (Å²) in [6.45, 7) is 7.77.